The lowest BCUT2D eigenvalue weighted by atomic mass is 10.2. The Morgan fingerprint density at radius 3 is 2.65 bits per heavy atom. The molecule has 1 heterocycles. The fraction of sp³-hybridized carbons (Fsp3) is 0. The summed E-state index contributed by atoms with van der Waals surface area (Å²) in [7, 11) is 0. The summed E-state index contributed by atoms with van der Waals surface area (Å²) in [6.07, 6.45) is 0. The Bertz CT molecular complexity index is 801. The van der Waals surface area contributed by atoms with Gasteiger partial charge in [0.05, 0.1) is 10.7 Å². The second-order valence-corrected chi connectivity index (χ2v) is 5.73. The molecule has 20 heavy (non-hydrogen) atoms. The van der Waals surface area contributed by atoms with Gasteiger partial charge in [-0.05, 0) is 36.4 Å². The van der Waals surface area contributed by atoms with Crippen LogP contribution < -0.4 is 11.1 Å². The van der Waals surface area contributed by atoms with Crippen molar-refractivity contribution in [3.05, 3.63) is 53.1 Å². The fourth-order valence-corrected chi connectivity index (χ4v) is 3.07. The molecule has 0 unspecified atom stereocenters. The van der Waals surface area contributed by atoms with Crippen LogP contribution in [-0.4, -0.2) is 0 Å². The van der Waals surface area contributed by atoms with Crippen molar-refractivity contribution >= 4 is 49.4 Å². The topological polar surface area (TPSA) is 38.0 Å². The highest BCUT2D eigenvalue weighted by molar-refractivity contribution is 7.23. The van der Waals surface area contributed by atoms with Crippen LogP contribution in [0.2, 0.25) is 5.02 Å². The molecule has 0 aliphatic rings. The van der Waals surface area contributed by atoms with E-state index < -0.39 is 5.82 Å². The van der Waals surface area contributed by atoms with Crippen LogP contribution in [-0.2, 0) is 0 Å². The normalized spacial score (nSPS) is 10.9. The van der Waals surface area contributed by atoms with E-state index in [0.717, 1.165) is 10.1 Å². The molecule has 6 heteroatoms. The fourth-order valence-electron chi connectivity index (χ4n) is 1.94. The molecule has 3 rings (SSSR count). The summed E-state index contributed by atoms with van der Waals surface area (Å²) in [6, 6.07) is 8.77. The highest BCUT2D eigenvalue weighted by Crippen LogP contribution is 2.40. The van der Waals surface area contributed by atoms with Crippen LogP contribution >= 0.6 is 22.9 Å². The summed E-state index contributed by atoms with van der Waals surface area (Å²) in [5, 5.41) is 4.47. The lowest BCUT2D eigenvalue weighted by molar-refractivity contribution is 0.628. The minimum absolute atomic E-state index is 0.0270. The third kappa shape index (κ3) is 2.30. The number of nitrogen functional groups attached to an aromatic ring is 1. The molecule has 0 atom stereocenters. The van der Waals surface area contributed by atoms with Crippen LogP contribution in [0.1, 0.15) is 0 Å². The standard InChI is InChI=1S/C14H9ClF2N2S/c15-10-6-8(2-4-11(10)17)19-13-9-3-1-7(16)5-12(9)20-14(13)18/h1-6,19H,18H2. The Morgan fingerprint density at radius 2 is 1.90 bits per heavy atom. The van der Waals surface area contributed by atoms with E-state index in [1.807, 2.05) is 0 Å². The highest BCUT2D eigenvalue weighted by Gasteiger charge is 2.11. The van der Waals surface area contributed by atoms with E-state index in [2.05, 4.69) is 5.32 Å². The molecular weight excluding hydrogens is 302 g/mol. The molecular formula is C14H9ClF2N2S. The van der Waals surface area contributed by atoms with Gasteiger partial charge in [0.1, 0.15) is 16.6 Å². The Morgan fingerprint density at radius 1 is 1.10 bits per heavy atom. The molecule has 2 nitrogen and oxygen atoms in total. The van der Waals surface area contributed by atoms with Gasteiger partial charge in [0, 0.05) is 15.8 Å². The van der Waals surface area contributed by atoms with Gasteiger partial charge in [-0.25, -0.2) is 8.78 Å². The summed E-state index contributed by atoms with van der Waals surface area (Å²) in [4.78, 5) is 0. The van der Waals surface area contributed by atoms with Crippen molar-refractivity contribution in [1.29, 1.82) is 0 Å². The average Bonchev–Trinajstić information content (AvgIpc) is 2.69. The molecule has 3 aromatic rings. The van der Waals surface area contributed by atoms with Crippen molar-refractivity contribution in [1.82, 2.24) is 0 Å². The predicted molar refractivity (Wildman–Crippen MR) is 80.9 cm³/mol. The number of nitrogens with two attached hydrogens (primary N) is 1. The lowest BCUT2D eigenvalue weighted by Gasteiger charge is -2.07. The largest absolute Gasteiger partial charge is 0.389 e. The zero-order chi connectivity index (χ0) is 14.3. The number of fused-ring (bicyclic) bond motifs is 1. The van der Waals surface area contributed by atoms with Crippen LogP contribution in [0.3, 0.4) is 0 Å². The second kappa shape index (κ2) is 4.92. The van der Waals surface area contributed by atoms with Crippen molar-refractivity contribution in [3.8, 4) is 0 Å². The zero-order valence-corrected chi connectivity index (χ0v) is 11.7. The smallest absolute Gasteiger partial charge is 0.141 e. The quantitative estimate of drug-likeness (QED) is 0.686. The minimum Gasteiger partial charge on any atom is -0.389 e. The number of benzene rings is 2. The Hall–Kier alpha value is -1.85. The molecule has 0 saturated heterocycles. The molecule has 0 saturated carbocycles. The van der Waals surface area contributed by atoms with Crippen molar-refractivity contribution in [2.45, 2.75) is 0 Å². The lowest BCUT2D eigenvalue weighted by Crippen LogP contribution is -1.93. The van der Waals surface area contributed by atoms with Gasteiger partial charge < -0.3 is 11.1 Å². The molecule has 1 aromatic heterocycles. The van der Waals surface area contributed by atoms with E-state index in [-0.39, 0.29) is 10.8 Å². The van der Waals surface area contributed by atoms with E-state index in [1.165, 1.54) is 35.6 Å². The van der Waals surface area contributed by atoms with Gasteiger partial charge in [-0.2, -0.15) is 0 Å². The van der Waals surface area contributed by atoms with Crippen LogP contribution in [0.5, 0.6) is 0 Å². The van der Waals surface area contributed by atoms with E-state index in [1.54, 1.807) is 12.1 Å². The number of thiophene rings is 1. The van der Waals surface area contributed by atoms with Gasteiger partial charge in [0.25, 0.3) is 0 Å². The van der Waals surface area contributed by atoms with E-state index >= 15 is 0 Å². The van der Waals surface area contributed by atoms with Gasteiger partial charge in [0.15, 0.2) is 0 Å². The van der Waals surface area contributed by atoms with Crippen molar-refractivity contribution in [2.24, 2.45) is 0 Å². The Balaban J connectivity index is 2.05. The second-order valence-electron chi connectivity index (χ2n) is 4.24. The van der Waals surface area contributed by atoms with Crippen LogP contribution in [0, 0.1) is 11.6 Å². The number of halogens is 3. The molecule has 0 spiro atoms. The maximum Gasteiger partial charge on any atom is 0.141 e. The zero-order valence-electron chi connectivity index (χ0n) is 10.1. The average molecular weight is 311 g/mol. The third-order valence-electron chi connectivity index (χ3n) is 2.87. The summed E-state index contributed by atoms with van der Waals surface area (Å²) in [5.41, 5.74) is 7.24. The number of hydrogen-bond acceptors (Lipinski definition) is 3. The van der Waals surface area contributed by atoms with Crippen molar-refractivity contribution < 1.29 is 8.78 Å². The number of rotatable bonds is 2. The predicted octanol–water partition coefficient (Wildman–Crippen LogP) is 5.16. The molecule has 0 aliphatic heterocycles. The molecule has 102 valence electrons. The SMILES string of the molecule is Nc1sc2cc(F)ccc2c1Nc1ccc(F)c(Cl)c1. The van der Waals surface area contributed by atoms with Crippen molar-refractivity contribution in [2.75, 3.05) is 11.1 Å². The molecule has 2 aromatic carbocycles. The first-order chi connectivity index (χ1) is 9.54. The van der Waals surface area contributed by atoms with Crippen molar-refractivity contribution in [3.63, 3.8) is 0 Å². The van der Waals surface area contributed by atoms with Gasteiger partial charge in [0.2, 0.25) is 0 Å². The summed E-state index contributed by atoms with van der Waals surface area (Å²) < 4.78 is 27.1. The monoisotopic (exact) mass is 310 g/mol. The number of hydrogen-bond donors (Lipinski definition) is 2. The molecule has 0 radical (unpaired) electrons. The van der Waals surface area contributed by atoms with Gasteiger partial charge >= 0.3 is 0 Å². The molecule has 0 aliphatic carbocycles. The maximum atomic E-state index is 13.2. The maximum absolute atomic E-state index is 13.2. The highest BCUT2D eigenvalue weighted by atomic mass is 35.5. The first-order valence-electron chi connectivity index (χ1n) is 5.74. The molecule has 0 fully saturated rings. The summed E-state index contributed by atoms with van der Waals surface area (Å²) in [6.45, 7) is 0. The summed E-state index contributed by atoms with van der Waals surface area (Å²) in [5.74, 6) is -0.794. The minimum atomic E-state index is -0.484. The van der Waals surface area contributed by atoms with Gasteiger partial charge in [-0.3, -0.25) is 0 Å². The Labute approximate surface area is 122 Å². The number of anilines is 3. The van der Waals surface area contributed by atoms with Gasteiger partial charge in [-0.1, -0.05) is 11.6 Å². The van der Waals surface area contributed by atoms with Crippen LogP contribution in [0.4, 0.5) is 25.2 Å². The van der Waals surface area contributed by atoms with Crippen LogP contribution in [0.25, 0.3) is 10.1 Å². The molecule has 0 amide bonds. The van der Waals surface area contributed by atoms with E-state index in [4.69, 9.17) is 17.3 Å². The summed E-state index contributed by atoms with van der Waals surface area (Å²) >= 11 is 7.03. The van der Waals surface area contributed by atoms with Crippen LogP contribution in [0.15, 0.2) is 36.4 Å². The van der Waals surface area contributed by atoms with E-state index in [9.17, 15) is 8.78 Å². The first-order valence-corrected chi connectivity index (χ1v) is 6.93. The van der Waals surface area contributed by atoms with Gasteiger partial charge in [-0.15, -0.1) is 11.3 Å². The third-order valence-corrected chi connectivity index (χ3v) is 4.14. The molecule has 0 bridgehead atoms. The van der Waals surface area contributed by atoms with E-state index in [0.29, 0.717) is 16.4 Å². The number of nitrogens with one attached hydrogen (secondary N) is 1. The Kier molecular flexibility index (Phi) is 3.23. The molecule has 3 N–H and O–H groups in total. The first kappa shape index (κ1) is 13.1.